The molecule has 35 heavy (non-hydrogen) atoms. The Morgan fingerprint density at radius 3 is 1.40 bits per heavy atom. The average Bonchev–Trinajstić information content (AvgIpc) is 2.94. The van der Waals surface area contributed by atoms with Gasteiger partial charge < -0.3 is 11.2 Å². The molecule has 0 aliphatic carbocycles. The van der Waals surface area contributed by atoms with Gasteiger partial charge in [0, 0.05) is 0 Å². The fraction of sp³-hybridized carbons (Fsp3) is 0.250. The van der Waals surface area contributed by atoms with Crippen molar-refractivity contribution in [3.05, 3.63) is 130 Å². The van der Waals surface area contributed by atoms with E-state index in [4.69, 9.17) is 5.73 Å². The summed E-state index contributed by atoms with van der Waals surface area (Å²) in [6.07, 6.45) is 3.01. The maximum Gasteiger partial charge on any atom is 0.0931 e. The second-order valence-corrected chi connectivity index (χ2v) is 8.78. The first-order chi connectivity index (χ1) is 17.1. The summed E-state index contributed by atoms with van der Waals surface area (Å²) >= 11 is 0. The molecule has 1 atom stereocenters. The zero-order valence-electron chi connectivity index (χ0n) is 21.5. The SMILES string of the molecule is CCc1c(C)c(C(N)(c2ccccc2)c2ccccc2)c(-c2ccccc2)c(CC)c1CC.NP. The van der Waals surface area contributed by atoms with Crippen LogP contribution in [0, 0.1) is 6.92 Å². The standard InChI is InChI=1S/C32H35N.H4NP/c1-5-27-23(4)31(30(24-17-11-8-12-18-24)29(7-3)28(27)6-2)32(33,25-19-13-9-14-20-25)26-21-15-10-16-22-26;1-2/h8-22H,5-7,33H2,1-4H3;1-2H2. The molecule has 4 rings (SSSR count). The Balaban J connectivity index is 0.00000167. The number of hydrogen-bond donors (Lipinski definition) is 2. The van der Waals surface area contributed by atoms with E-state index < -0.39 is 5.54 Å². The second-order valence-electron chi connectivity index (χ2n) is 8.78. The van der Waals surface area contributed by atoms with Crippen molar-refractivity contribution >= 4 is 9.39 Å². The quantitative estimate of drug-likeness (QED) is 0.214. The van der Waals surface area contributed by atoms with Crippen molar-refractivity contribution in [3.8, 4) is 11.1 Å². The van der Waals surface area contributed by atoms with Crippen LogP contribution in [0.3, 0.4) is 0 Å². The van der Waals surface area contributed by atoms with Gasteiger partial charge in [-0.05, 0) is 76.3 Å². The van der Waals surface area contributed by atoms with Crippen LogP contribution in [0.5, 0.6) is 0 Å². The molecule has 0 spiro atoms. The molecule has 0 aliphatic rings. The van der Waals surface area contributed by atoms with Crippen LogP contribution in [0.15, 0.2) is 91.0 Å². The van der Waals surface area contributed by atoms with Gasteiger partial charge in [-0.15, -0.1) is 0 Å². The van der Waals surface area contributed by atoms with Crippen LogP contribution in [0.4, 0.5) is 0 Å². The predicted octanol–water partition coefficient (Wildman–Crippen LogP) is 7.34. The number of benzene rings is 4. The van der Waals surface area contributed by atoms with Crippen molar-refractivity contribution < 1.29 is 0 Å². The van der Waals surface area contributed by atoms with Crippen LogP contribution in [-0.2, 0) is 24.8 Å². The minimum Gasteiger partial charge on any atom is -0.314 e. The Bertz CT molecular complexity index is 1180. The van der Waals surface area contributed by atoms with Crippen LogP contribution in [-0.4, -0.2) is 0 Å². The Labute approximate surface area is 214 Å². The summed E-state index contributed by atoms with van der Waals surface area (Å²) in [5.74, 6) is 0. The lowest BCUT2D eigenvalue weighted by atomic mass is 9.69. The predicted molar refractivity (Wildman–Crippen MR) is 156 cm³/mol. The molecule has 182 valence electrons. The van der Waals surface area contributed by atoms with E-state index in [-0.39, 0.29) is 0 Å². The van der Waals surface area contributed by atoms with Crippen LogP contribution < -0.4 is 11.2 Å². The summed E-state index contributed by atoms with van der Waals surface area (Å²) in [5, 5.41) is 0. The summed E-state index contributed by atoms with van der Waals surface area (Å²) < 4.78 is 0. The maximum absolute atomic E-state index is 7.64. The minimum absolute atomic E-state index is 0.766. The molecule has 1 unspecified atom stereocenters. The third-order valence-corrected chi connectivity index (χ3v) is 7.08. The van der Waals surface area contributed by atoms with Gasteiger partial charge >= 0.3 is 0 Å². The molecule has 0 aromatic heterocycles. The molecule has 0 heterocycles. The second kappa shape index (κ2) is 12.3. The Morgan fingerprint density at radius 2 is 1.00 bits per heavy atom. The zero-order valence-corrected chi connectivity index (χ0v) is 22.7. The van der Waals surface area contributed by atoms with Crippen LogP contribution in [0.25, 0.3) is 11.1 Å². The summed E-state index contributed by atoms with van der Waals surface area (Å²) in [6.45, 7) is 9.12. The highest BCUT2D eigenvalue weighted by Crippen LogP contribution is 2.46. The number of hydrogen-bond acceptors (Lipinski definition) is 2. The van der Waals surface area contributed by atoms with Gasteiger partial charge in [-0.3, -0.25) is 0 Å². The Morgan fingerprint density at radius 1 is 0.600 bits per heavy atom. The van der Waals surface area contributed by atoms with Gasteiger partial charge in [0.25, 0.3) is 0 Å². The average molecular weight is 483 g/mol. The van der Waals surface area contributed by atoms with Crippen molar-refractivity contribution in [2.45, 2.75) is 52.5 Å². The lowest BCUT2D eigenvalue weighted by molar-refractivity contribution is 0.646. The minimum atomic E-state index is -0.766. The largest absolute Gasteiger partial charge is 0.314 e. The molecule has 4 N–H and O–H groups in total. The molecule has 4 aromatic carbocycles. The highest BCUT2D eigenvalue weighted by atomic mass is 31.0. The van der Waals surface area contributed by atoms with Crippen molar-refractivity contribution in [3.63, 3.8) is 0 Å². The van der Waals surface area contributed by atoms with Crippen molar-refractivity contribution in [2.24, 2.45) is 11.2 Å². The monoisotopic (exact) mass is 482 g/mol. The number of rotatable bonds is 7. The summed E-state index contributed by atoms with van der Waals surface area (Å²) in [6, 6.07) is 32.0. The molecule has 3 heteroatoms. The molecule has 0 bridgehead atoms. The van der Waals surface area contributed by atoms with Crippen LogP contribution in [0.2, 0.25) is 0 Å². The summed E-state index contributed by atoms with van der Waals surface area (Å²) in [5.41, 5.74) is 23.0. The summed E-state index contributed by atoms with van der Waals surface area (Å²) in [4.78, 5) is 0. The number of nitrogens with two attached hydrogens (primary N) is 2. The third-order valence-electron chi connectivity index (χ3n) is 7.08. The van der Waals surface area contributed by atoms with Crippen molar-refractivity contribution in [1.29, 1.82) is 0 Å². The molecule has 2 nitrogen and oxygen atoms in total. The first-order valence-corrected chi connectivity index (χ1v) is 13.2. The molecule has 4 aromatic rings. The van der Waals surface area contributed by atoms with Gasteiger partial charge in [-0.2, -0.15) is 0 Å². The highest BCUT2D eigenvalue weighted by Gasteiger charge is 2.37. The zero-order chi connectivity index (χ0) is 25.4. The molecule has 0 radical (unpaired) electrons. The topological polar surface area (TPSA) is 52.0 Å². The first kappa shape index (κ1) is 26.8. The van der Waals surface area contributed by atoms with E-state index in [1.165, 1.54) is 38.9 Å². The van der Waals surface area contributed by atoms with E-state index in [1.807, 2.05) is 9.39 Å². The lowest BCUT2D eigenvalue weighted by Crippen LogP contribution is -2.41. The van der Waals surface area contributed by atoms with Crippen LogP contribution >= 0.6 is 9.39 Å². The van der Waals surface area contributed by atoms with Gasteiger partial charge in [0.2, 0.25) is 0 Å². The molecule has 0 aliphatic heterocycles. The van der Waals surface area contributed by atoms with E-state index in [9.17, 15) is 0 Å². The lowest BCUT2D eigenvalue weighted by Gasteiger charge is -2.37. The normalized spacial score (nSPS) is 11.1. The van der Waals surface area contributed by atoms with Gasteiger partial charge in [0.05, 0.1) is 5.54 Å². The fourth-order valence-corrected chi connectivity index (χ4v) is 5.62. The smallest absolute Gasteiger partial charge is 0.0931 e. The van der Waals surface area contributed by atoms with Crippen molar-refractivity contribution in [2.75, 3.05) is 0 Å². The van der Waals surface area contributed by atoms with E-state index in [2.05, 4.69) is 124 Å². The van der Waals surface area contributed by atoms with Gasteiger partial charge in [-0.1, -0.05) is 121 Å². The van der Waals surface area contributed by atoms with E-state index in [0.717, 1.165) is 30.4 Å². The Hall–Kier alpha value is -2.77. The van der Waals surface area contributed by atoms with E-state index in [0.29, 0.717) is 0 Å². The van der Waals surface area contributed by atoms with Crippen LogP contribution in [0.1, 0.15) is 59.7 Å². The molecule has 0 saturated heterocycles. The third kappa shape index (κ3) is 4.98. The van der Waals surface area contributed by atoms with Crippen molar-refractivity contribution in [1.82, 2.24) is 0 Å². The molecular formula is C32H39N2P. The molecule has 0 fully saturated rings. The maximum atomic E-state index is 7.64. The van der Waals surface area contributed by atoms with Gasteiger partial charge in [0.15, 0.2) is 0 Å². The summed E-state index contributed by atoms with van der Waals surface area (Å²) in [7, 11) is 1.92. The highest BCUT2D eigenvalue weighted by molar-refractivity contribution is 7.13. The fourth-order valence-electron chi connectivity index (χ4n) is 5.62. The Kier molecular flexibility index (Phi) is 9.40. The molecular weight excluding hydrogens is 443 g/mol. The van der Waals surface area contributed by atoms with Gasteiger partial charge in [0.1, 0.15) is 0 Å². The molecule has 0 saturated carbocycles. The van der Waals surface area contributed by atoms with E-state index in [1.54, 1.807) is 0 Å². The molecule has 0 amide bonds. The van der Waals surface area contributed by atoms with E-state index >= 15 is 0 Å². The van der Waals surface area contributed by atoms with Gasteiger partial charge in [-0.25, -0.2) is 0 Å². The first-order valence-electron chi connectivity index (χ1n) is 12.5.